The Bertz CT molecular complexity index is 396. The summed E-state index contributed by atoms with van der Waals surface area (Å²) < 4.78 is 51.9. The van der Waals surface area contributed by atoms with Crippen molar-refractivity contribution in [2.75, 3.05) is 0 Å². The molecule has 0 spiro atoms. The van der Waals surface area contributed by atoms with Crippen molar-refractivity contribution in [1.29, 1.82) is 0 Å². The third-order valence-corrected chi connectivity index (χ3v) is 2.78. The molecule has 0 saturated heterocycles. The Morgan fingerprint density at radius 1 is 1.38 bits per heavy atom. The molecule has 1 aliphatic rings. The van der Waals surface area contributed by atoms with Crippen LogP contribution in [-0.4, -0.2) is 11.0 Å². The molecule has 0 bridgehead atoms. The summed E-state index contributed by atoms with van der Waals surface area (Å²) in [4.78, 5) is 3.55. The second kappa shape index (κ2) is 3.41. The molecule has 0 amide bonds. The first-order chi connectivity index (χ1) is 7.33. The highest BCUT2D eigenvalue weighted by atomic mass is 19.4. The number of nitrogens with zero attached hydrogens (tertiary/aromatic N) is 1. The second-order valence-corrected chi connectivity index (χ2v) is 4.05. The Hall–Kier alpha value is -1.17. The number of rotatable bonds is 1. The van der Waals surface area contributed by atoms with Gasteiger partial charge in [0.2, 0.25) is 0 Å². The minimum absolute atomic E-state index is 0.0816. The van der Waals surface area contributed by atoms with Crippen molar-refractivity contribution in [1.82, 2.24) is 4.98 Å². The van der Waals surface area contributed by atoms with Gasteiger partial charge in [0.15, 0.2) is 0 Å². The molecule has 2 N–H and O–H groups in total. The minimum atomic E-state index is -4.56. The number of alkyl halides is 4. The van der Waals surface area contributed by atoms with Crippen LogP contribution in [0.5, 0.6) is 0 Å². The highest BCUT2D eigenvalue weighted by Gasteiger charge is 2.49. The van der Waals surface area contributed by atoms with Crippen molar-refractivity contribution >= 4 is 0 Å². The minimum Gasteiger partial charge on any atom is -0.327 e. The van der Waals surface area contributed by atoms with E-state index >= 15 is 0 Å². The fraction of sp³-hybridized carbons (Fsp3) is 0.500. The Kier molecular flexibility index (Phi) is 2.41. The van der Waals surface area contributed by atoms with Gasteiger partial charge in [-0.2, -0.15) is 13.2 Å². The number of aromatic nitrogens is 1. The molecule has 1 heterocycles. The van der Waals surface area contributed by atoms with E-state index in [0.29, 0.717) is 0 Å². The average molecular weight is 234 g/mol. The van der Waals surface area contributed by atoms with Crippen molar-refractivity contribution in [2.45, 2.75) is 30.7 Å². The lowest BCUT2D eigenvalue weighted by Gasteiger charge is -2.40. The molecule has 0 aromatic carbocycles. The van der Waals surface area contributed by atoms with Crippen molar-refractivity contribution in [3.05, 3.63) is 29.6 Å². The third kappa shape index (κ3) is 1.77. The maximum absolute atomic E-state index is 14.1. The van der Waals surface area contributed by atoms with Crippen LogP contribution in [0.15, 0.2) is 18.5 Å². The van der Waals surface area contributed by atoms with Crippen LogP contribution in [0.2, 0.25) is 0 Å². The topological polar surface area (TPSA) is 38.9 Å². The third-order valence-electron chi connectivity index (χ3n) is 2.78. The first-order valence-corrected chi connectivity index (χ1v) is 4.79. The monoisotopic (exact) mass is 234 g/mol. The van der Waals surface area contributed by atoms with Gasteiger partial charge in [0.1, 0.15) is 5.67 Å². The lowest BCUT2D eigenvalue weighted by Crippen LogP contribution is -2.47. The number of hydrogen-bond donors (Lipinski definition) is 1. The van der Waals surface area contributed by atoms with Crippen LogP contribution in [-0.2, 0) is 11.8 Å². The van der Waals surface area contributed by atoms with Gasteiger partial charge in [0, 0.05) is 36.8 Å². The van der Waals surface area contributed by atoms with Gasteiger partial charge in [-0.05, 0) is 6.07 Å². The van der Waals surface area contributed by atoms with Crippen molar-refractivity contribution < 1.29 is 17.6 Å². The van der Waals surface area contributed by atoms with E-state index in [1.165, 1.54) is 0 Å². The second-order valence-electron chi connectivity index (χ2n) is 4.05. The van der Waals surface area contributed by atoms with E-state index in [-0.39, 0.29) is 18.9 Å². The molecule has 16 heavy (non-hydrogen) atoms. The Morgan fingerprint density at radius 3 is 2.50 bits per heavy atom. The summed E-state index contributed by atoms with van der Waals surface area (Å²) in [7, 11) is 0. The summed E-state index contributed by atoms with van der Waals surface area (Å²) >= 11 is 0. The normalized spacial score (nSPS) is 29.9. The summed E-state index contributed by atoms with van der Waals surface area (Å²) in [5, 5.41) is 0. The van der Waals surface area contributed by atoms with E-state index in [4.69, 9.17) is 5.73 Å². The standard InChI is InChI=1S/C10H10F4N2/c11-9(3-6(15)4-9)8-5-16-2-1-7(8)10(12,13)14/h1-2,5-6H,3-4,15H2. The van der Waals surface area contributed by atoms with Crippen LogP contribution < -0.4 is 5.73 Å². The van der Waals surface area contributed by atoms with E-state index in [1.807, 2.05) is 0 Å². The summed E-state index contributed by atoms with van der Waals surface area (Å²) in [5.41, 5.74) is 2.08. The predicted octanol–water partition coefficient (Wildman–Crippen LogP) is 2.39. The van der Waals surface area contributed by atoms with Gasteiger partial charge in [0.05, 0.1) is 5.56 Å². The predicted molar refractivity (Wildman–Crippen MR) is 49.2 cm³/mol. The molecular weight excluding hydrogens is 224 g/mol. The van der Waals surface area contributed by atoms with Gasteiger partial charge < -0.3 is 5.73 Å². The van der Waals surface area contributed by atoms with Crippen molar-refractivity contribution in [3.8, 4) is 0 Å². The Balaban J connectivity index is 2.42. The molecule has 1 aromatic rings. The average Bonchev–Trinajstić information content (AvgIpc) is 2.14. The van der Waals surface area contributed by atoms with Gasteiger partial charge in [-0.1, -0.05) is 0 Å². The Labute approximate surface area is 89.5 Å². The molecule has 0 atom stereocenters. The molecule has 1 fully saturated rings. The molecule has 1 saturated carbocycles. The molecule has 0 aliphatic heterocycles. The van der Waals surface area contributed by atoms with E-state index in [1.54, 1.807) is 0 Å². The zero-order chi connectivity index (χ0) is 12.0. The first kappa shape index (κ1) is 11.3. The zero-order valence-corrected chi connectivity index (χ0v) is 8.26. The van der Waals surface area contributed by atoms with Crippen LogP contribution in [0.1, 0.15) is 24.0 Å². The zero-order valence-electron chi connectivity index (χ0n) is 8.26. The van der Waals surface area contributed by atoms with E-state index < -0.39 is 23.0 Å². The maximum atomic E-state index is 14.1. The lowest BCUT2D eigenvalue weighted by molar-refractivity contribution is -0.140. The van der Waals surface area contributed by atoms with Crippen LogP contribution >= 0.6 is 0 Å². The molecule has 1 aromatic heterocycles. The fourth-order valence-electron chi connectivity index (χ4n) is 1.99. The number of pyridine rings is 1. The molecule has 0 radical (unpaired) electrons. The number of halogens is 4. The highest BCUT2D eigenvalue weighted by Crippen LogP contribution is 2.48. The van der Waals surface area contributed by atoms with Gasteiger partial charge in [0.25, 0.3) is 0 Å². The first-order valence-electron chi connectivity index (χ1n) is 4.79. The maximum Gasteiger partial charge on any atom is 0.416 e. The molecular formula is C10H10F4N2. The summed E-state index contributed by atoms with van der Waals surface area (Å²) in [6, 6.07) is 0.423. The van der Waals surface area contributed by atoms with Gasteiger partial charge in [-0.15, -0.1) is 0 Å². The quantitative estimate of drug-likeness (QED) is 0.758. The van der Waals surface area contributed by atoms with Crippen molar-refractivity contribution in [2.24, 2.45) is 5.73 Å². The van der Waals surface area contributed by atoms with E-state index in [2.05, 4.69) is 4.98 Å². The molecule has 2 nitrogen and oxygen atoms in total. The van der Waals surface area contributed by atoms with Crippen LogP contribution in [0, 0.1) is 0 Å². The summed E-state index contributed by atoms with van der Waals surface area (Å²) in [6.07, 6.45) is -2.77. The molecule has 2 rings (SSSR count). The van der Waals surface area contributed by atoms with Gasteiger partial charge >= 0.3 is 6.18 Å². The molecule has 6 heteroatoms. The molecule has 1 aliphatic carbocycles. The fourth-order valence-corrected chi connectivity index (χ4v) is 1.99. The van der Waals surface area contributed by atoms with E-state index in [0.717, 1.165) is 18.5 Å². The lowest BCUT2D eigenvalue weighted by atomic mass is 9.72. The van der Waals surface area contributed by atoms with E-state index in [9.17, 15) is 17.6 Å². The number of hydrogen-bond acceptors (Lipinski definition) is 2. The summed E-state index contributed by atoms with van der Waals surface area (Å²) in [6.45, 7) is 0. The number of nitrogens with two attached hydrogens (primary N) is 1. The van der Waals surface area contributed by atoms with Crippen LogP contribution in [0.3, 0.4) is 0 Å². The smallest absolute Gasteiger partial charge is 0.327 e. The van der Waals surface area contributed by atoms with Crippen LogP contribution in [0.25, 0.3) is 0 Å². The Morgan fingerprint density at radius 2 is 2.00 bits per heavy atom. The van der Waals surface area contributed by atoms with Crippen LogP contribution in [0.4, 0.5) is 17.6 Å². The molecule has 88 valence electrons. The largest absolute Gasteiger partial charge is 0.416 e. The van der Waals surface area contributed by atoms with Crippen molar-refractivity contribution in [3.63, 3.8) is 0 Å². The van der Waals surface area contributed by atoms with Gasteiger partial charge in [-0.25, -0.2) is 4.39 Å². The molecule has 0 unspecified atom stereocenters. The highest BCUT2D eigenvalue weighted by molar-refractivity contribution is 5.34. The summed E-state index contributed by atoms with van der Waals surface area (Å²) in [5.74, 6) is 0. The SMILES string of the molecule is NC1CC(F)(c2cnccc2C(F)(F)F)C1. The van der Waals surface area contributed by atoms with Gasteiger partial charge in [-0.3, -0.25) is 4.98 Å².